The fourth-order valence-corrected chi connectivity index (χ4v) is 1.70. The molecule has 0 amide bonds. The van der Waals surface area contributed by atoms with Gasteiger partial charge in [-0.1, -0.05) is 0 Å². The number of halogens is 1. The molecule has 16 heavy (non-hydrogen) atoms. The molecule has 4 nitrogen and oxygen atoms in total. The smallest absolute Gasteiger partial charge is 0.154 e. The predicted octanol–water partition coefficient (Wildman–Crippen LogP) is 2.52. The van der Waals surface area contributed by atoms with E-state index in [1.807, 2.05) is 13.8 Å². The van der Waals surface area contributed by atoms with Crippen molar-refractivity contribution in [2.45, 2.75) is 13.8 Å². The maximum Gasteiger partial charge on any atom is 0.154 e. The number of pyridine rings is 1. The van der Waals surface area contributed by atoms with E-state index in [4.69, 9.17) is 5.26 Å². The Morgan fingerprint density at radius 2 is 2.19 bits per heavy atom. The first-order valence-corrected chi connectivity index (χ1v) is 5.51. The zero-order valence-corrected chi connectivity index (χ0v) is 10.5. The van der Waals surface area contributed by atoms with E-state index < -0.39 is 0 Å². The fraction of sp³-hybridized carbons (Fsp3) is 0.182. The largest absolute Gasteiger partial charge is 0.237 e. The maximum atomic E-state index is 8.82. The lowest BCUT2D eigenvalue weighted by Crippen LogP contribution is -2.02. The number of nitrogens with zero attached hydrogens (tertiary/aromatic N) is 4. The maximum absolute atomic E-state index is 8.82. The third kappa shape index (κ3) is 1.72. The van der Waals surface area contributed by atoms with Crippen LogP contribution < -0.4 is 0 Å². The minimum Gasteiger partial charge on any atom is -0.237 e. The molecule has 0 bridgehead atoms. The molecule has 0 spiro atoms. The number of aryl methyl sites for hydroxylation is 1. The van der Waals surface area contributed by atoms with Crippen LogP contribution in [0.3, 0.4) is 0 Å². The van der Waals surface area contributed by atoms with Gasteiger partial charge >= 0.3 is 0 Å². The lowest BCUT2D eigenvalue weighted by atomic mass is 10.3. The summed E-state index contributed by atoms with van der Waals surface area (Å²) in [4.78, 5) is 4.20. The van der Waals surface area contributed by atoms with E-state index in [0.717, 1.165) is 15.9 Å². The van der Waals surface area contributed by atoms with Crippen molar-refractivity contribution in [3.05, 3.63) is 39.8 Å². The van der Waals surface area contributed by atoms with Gasteiger partial charge in [-0.2, -0.15) is 10.4 Å². The molecule has 2 aromatic heterocycles. The summed E-state index contributed by atoms with van der Waals surface area (Å²) < 4.78 is 2.69. The van der Waals surface area contributed by atoms with Crippen molar-refractivity contribution in [1.29, 1.82) is 5.26 Å². The molecule has 0 aliphatic rings. The quantitative estimate of drug-likeness (QED) is 0.804. The van der Waals surface area contributed by atoms with Crippen LogP contribution in [0.2, 0.25) is 0 Å². The van der Waals surface area contributed by atoms with Gasteiger partial charge in [0, 0.05) is 12.3 Å². The van der Waals surface area contributed by atoms with Crippen molar-refractivity contribution in [3.63, 3.8) is 0 Å². The molecule has 2 aromatic rings. The number of rotatable bonds is 1. The van der Waals surface area contributed by atoms with Gasteiger partial charge in [0.1, 0.15) is 0 Å². The third-order valence-electron chi connectivity index (χ3n) is 2.29. The summed E-state index contributed by atoms with van der Waals surface area (Å²) in [6.07, 6.45) is 1.61. The highest BCUT2D eigenvalue weighted by atomic mass is 79.9. The van der Waals surface area contributed by atoms with Gasteiger partial charge in [0.05, 0.1) is 27.5 Å². The summed E-state index contributed by atoms with van der Waals surface area (Å²) in [6.45, 7) is 3.87. The van der Waals surface area contributed by atoms with Crippen molar-refractivity contribution >= 4 is 15.9 Å². The second-order valence-electron chi connectivity index (χ2n) is 3.41. The molecule has 2 heterocycles. The summed E-state index contributed by atoms with van der Waals surface area (Å²) in [5, 5.41) is 13.2. The zero-order chi connectivity index (χ0) is 11.7. The highest BCUT2D eigenvalue weighted by molar-refractivity contribution is 9.10. The second-order valence-corrected chi connectivity index (χ2v) is 4.20. The molecule has 5 heteroatoms. The Morgan fingerprint density at radius 3 is 2.75 bits per heavy atom. The van der Waals surface area contributed by atoms with E-state index in [-0.39, 0.29) is 0 Å². The Balaban J connectivity index is 2.59. The lowest BCUT2D eigenvalue weighted by molar-refractivity contribution is 0.805. The van der Waals surface area contributed by atoms with Crippen LogP contribution >= 0.6 is 15.9 Å². The van der Waals surface area contributed by atoms with Gasteiger partial charge in [-0.15, -0.1) is 0 Å². The topological polar surface area (TPSA) is 54.5 Å². The molecular weight excluding hydrogens is 268 g/mol. The van der Waals surface area contributed by atoms with Crippen LogP contribution in [0.25, 0.3) is 5.82 Å². The standard InChI is InChI=1S/C11H9BrN4/c1-7-11(12)8(2)16(15-7)10-5-9(6-13)3-4-14-10/h3-5H,1-2H3. The summed E-state index contributed by atoms with van der Waals surface area (Å²) >= 11 is 3.46. The van der Waals surface area contributed by atoms with Gasteiger partial charge in [0.15, 0.2) is 5.82 Å². The summed E-state index contributed by atoms with van der Waals surface area (Å²) in [7, 11) is 0. The molecule has 0 unspecified atom stereocenters. The van der Waals surface area contributed by atoms with E-state index >= 15 is 0 Å². The van der Waals surface area contributed by atoms with Crippen molar-refractivity contribution in [2.24, 2.45) is 0 Å². The molecule has 80 valence electrons. The Kier molecular flexibility index (Phi) is 2.75. The van der Waals surface area contributed by atoms with Crippen molar-refractivity contribution in [1.82, 2.24) is 14.8 Å². The monoisotopic (exact) mass is 276 g/mol. The Bertz CT molecular complexity index is 580. The average molecular weight is 277 g/mol. The van der Waals surface area contributed by atoms with Crippen LogP contribution in [0, 0.1) is 25.2 Å². The van der Waals surface area contributed by atoms with Crippen LogP contribution in [-0.2, 0) is 0 Å². The van der Waals surface area contributed by atoms with E-state index in [1.165, 1.54) is 0 Å². The highest BCUT2D eigenvalue weighted by Crippen LogP contribution is 2.22. The van der Waals surface area contributed by atoms with Crippen LogP contribution in [0.15, 0.2) is 22.8 Å². The van der Waals surface area contributed by atoms with Crippen LogP contribution in [0.1, 0.15) is 17.0 Å². The SMILES string of the molecule is Cc1nn(-c2cc(C#N)ccn2)c(C)c1Br. The molecule has 0 fully saturated rings. The first-order valence-electron chi connectivity index (χ1n) is 4.71. The first-order chi connectivity index (χ1) is 7.63. The number of nitriles is 1. The lowest BCUT2D eigenvalue weighted by Gasteiger charge is -2.02. The summed E-state index contributed by atoms with van der Waals surface area (Å²) in [6, 6.07) is 5.47. The van der Waals surface area contributed by atoms with Crippen molar-refractivity contribution in [3.8, 4) is 11.9 Å². The van der Waals surface area contributed by atoms with Crippen molar-refractivity contribution < 1.29 is 0 Å². The van der Waals surface area contributed by atoms with E-state index in [0.29, 0.717) is 11.4 Å². The second kappa shape index (κ2) is 4.06. The molecule has 0 aliphatic carbocycles. The molecule has 0 aliphatic heterocycles. The van der Waals surface area contributed by atoms with E-state index in [9.17, 15) is 0 Å². The Labute approximate surface area is 102 Å². The normalized spacial score (nSPS) is 10.1. The summed E-state index contributed by atoms with van der Waals surface area (Å²) in [5.74, 6) is 0.658. The van der Waals surface area contributed by atoms with Gasteiger partial charge in [-0.05, 0) is 35.8 Å². The molecule has 0 aromatic carbocycles. The van der Waals surface area contributed by atoms with Gasteiger partial charge < -0.3 is 0 Å². The van der Waals surface area contributed by atoms with Crippen LogP contribution in [0.5, 0.6) is 0 Å². The molecular formula is C11H9BrN4. The van der Waals surface area contributed by atoms with E-state index in [1.54, 1.807) is 23.0 Å². The number of aromatic nitrogens is 3. The Morgan fingerprint density at radius 1 is 1.44 bits per heavy atom. The molecule has 0 saturated carbocycles. The minimum atomic E-state index is 0.577. The van der Waals surface area contributed by atoms with Gasteiger partial charge in [-0.25, -0.2) is 9.67 Å². The van der Waals surface area contributed by atoms with Gasteiger partial charge in [0.25, 0.3) is 0 Å². The average Bonchev–Trinajstić information content (AvgIpc) is 2.57. The van der Waals surface area contributed by atoms with Gasteiger partial charge in [-0.3, -0.25) is 0 Å². The number of hydrogen-bond acceptors (Lipinski definition) is 3. The zero-order valence-electron chi connectivity index (χ0n) is 8.90. The molecule has 0 radical (unpaired) electrons. The summed E-state index contributed by atoms with van der Waals surface area (Å²) in [5.41, 5.74) is 2.45. The third-order valence-corrected chi connectivity index (χ3v) is 3.44. The first kappa shape index (κ1) is 10.8. The fourth-order valence-electron chi connectivity index (χ4n) is 1.45. The van der Waals surface area contributed by atoms with Crippen LogP contribution in [0.4, 0.5) is 0 Å². The van der Waals surface area contributed by atoms with E-state index in [2.05, 4.69) is 32.1 Å². The van der Waals surface area contributed by atoms with Gasteiger partial charge in [0.2, 0.25) is 0 Å². The molecule has 2 rings (SSSR count). The molecule has 0 saturated heterocycles. The molecule has 0 N–H and O–H groups in total. The molecule has 0 atom stereocenters. The Hall–Kier alpha value is -1.67. The predicted molar refractivity (Wildman–Crippen MR) is 63.2 cm³/mol. The number of hydrogen-bond donors (Lipinski definition) is 0. The minimum absolute atomic E-state index is 0.577. The van der Waals surface area contributed by atoms with Crippen molar-refractivity contribution in [2.75, 3.05) is 0 Å². The highest BCUT2D eigenvalue weighted by Gasteiger charge is 2.11. The van der Waals surface area contributed by atoms with Crippen LogP contribution in [-0.4, -0.2) is 14.8 Å².